The number of likely N-dealkylation sites (tertiary alicyclic amines) is 1. The zero-order valence-corrected chi connectivity index (χ0v) is 14.1. The molecule has 1 aromatic heterocycles. The molecule has 0 N–H and O–H groups in total. The van der Waals surface area contributed by atoms with Crippen molar-refractivity contribution < 1.29 is 18.7 Å². The lowest BCUT2D eigenvalue weighted by Crippen LogP contribution is -2.60. The van der Waals surface area contributed by atoms with Crippen LogP contribution in [0, 0.1) is 5.92 Å². The van der Waals surface area contributed by atoms with Crippen molar-refractivity contribution in [2.75, 3.05) is 38.7 Å². The number of furan rings is 1. The molecule has 3 aliphatic rings. The van der Waals surface area contributed by atoms with E-state index in [1.165, 1.54) is 0 Å². The third-order valence-corrected chi connectivity index (χ3v) is 6.64. The van der Waals surface area contributed by atoms with Gasteiger partial charge in [-0.05, 0) is 37.3 Å². The first-order chi connectivity index (χ1) is 11.2. The predicted molar refractivity (Wildman–Crippen MR) is 87.7 cm³/mol. The topological polar surface area (TPSA) is 51.9 Å². The van der Waals surface area contributed by atoms with E-state index in [0.717, 1.165) is 57.9 Å². The number of amides is 1. The number of ether oxygens (including phenoxy) is 2. The third kappa shape index (κ3) is 3.30. The van der Waals surface area contributed by atoms with Crippen LogP contribution in [0.5, 0.6) is 0 Å². The maximum absolute atomic E-state index is 12.2. The number of carbonyl (C=O) groups is 1. The molecule has 1 aromatic rings. The molecule has 4 heterocycles. The fraction of sp³-hybridized carbons (Fsp3) is 0.706. The Hall–Kier alpha value is -0.980. The Kier molecular flexibility index (Phi) is 4.39. The van der Waals surface area contributed by atoms with Crippen LogP contribution in [0.3, 0.4) is 0 Å². The minimum absolute atomic E-state index is 0.00722. The largest absolute Gasteiger partial charge is 0.459 e. The summed E-state index contributed by atoms with van der Waals surface area (Å²) in [6.07, 6.45) is 5.19. The smallest absolute Gasteiger partial charge is 0.289 e. The molecule has 4 rings (SSSR count). The molecule has 23 heavy (non-hydrogen) atoms. The van der Waals surface area contributed by atoms with Crippen molar-refractivity contribution in [1.82, 2.24) is 4.90 Å². The van der Waals surface area contributed by atoms with Crippen molar-refractivity contribution in [2.45, 2.75) is 30.1 Å². The third-order valence-electron chi connectivity index (χ3n) is 5.06. The van der Waals surface area contributed by atoms with Crippen LogP contribution in [0.1, 0.15) is 29.8 Å². The van der Waals surface area contributed by atoms with E-state index in [1.54, 1.807) is 18.4 Å². The lowest BCUT2D eigenvalue weighted by Gasteiger charge is -2.47. The van der Waals surface area contributed by atoms with E-state index in [2.05, 4.69) is 0 Å². The van der Waals surface area contributed by atoms with Gasteiger partial charge in [-0.3, -0.25) is 4.79 Å². The van der Waals surface area contributed by atoms with Gasteiger partial charge in [-0.1, -0.05) is 0 Å². The van der Waals surface area contributed by atoms with Gasteiger partial charge in [0.25, 0.3) is 5.91 Å². The minimum atomic E-state index is 0.00722. The van der Waals surface area contributed by atoms with Gasteiger partial charge in [0, 0.05) is 38.7 Å². The summed E-state index contributed by atoms with van der Waals surface area (Å²) in [5.41, 5.74) is 0. The molecule has 126 valence electrons. The molecule has 1 spiro atoms. The second-order valence-corrected chi connectivity index (χ2v) is 8.34. The fourth-order valence-electron chi connectivity index (χ4n) is 3.66. The van der Waals surface area contributed by atoms with Crippen molar-refractivity contribution in [1.29, 1.82) is 0 Å². The van der Waals surface area contributed by atoms with Gasteiger partial charge < -0.3 is 18.8 Å². The molecule has 0 aliphatic carbocycles. The van der Waals surface area contributed by atoms with Gasteiger partial charge in [-0.2, -0.15) is 0 Å². The molecule has 0 unspecified atom stereocenters. The Morgan fingerprint density at radius 3 is 2.96 bits per heavy atom. The fourth-order valence-corrected chi connectivity index (χ4v) is 5.22. The summed E-state index contributed by atoms with van der Waals surface area (Å²) in [6, 6.07) is 3.49. The van der Waals surface area contributed by atoms with Crippen LogP contribution in [0.2, 0.25) is 0 Å². The van der Waals surface area contributed by atoms with Gasteiger partial charge in [-0.25, -0.2) is 0 Å². The maximum Gasteiger partial charge on any atom is 0.289 e. The predicted octanol–water partition coefficient (Wildman–Crippen LogP) is 2.42. The van der Waals surface area contributed by atoms with Crippen molar-refractivity contribution in [3.05, 3.63) is 24.2 Å². The number of hydrogen-bond donors (Lipinski definition) is 0. The highest BCUT2D eigenvalue weighted by molar-refractivity contribution is 8.01. The van der Waals surface area contributed by atoms with Crippen molar-refractivity contribution in [2.24, 2.45) is 5.92 Å². The Labute approximate surface area is 140 Å². The lowest BCUT2D eigenvalue weighted by atomic mass is 9.92. The highest BCUT2D eigenvalue weighted by Gasteiger charge is 2.51. The second-order valence-electron chi connectivity index (χ2n) is 6.85. The van der Waals surface area contributed by atoms with Gasteiger partial charge in [0.1, 0.15) is 0 Å². The number of nitrogens with zero attached hydrogens (tertiary/aromatic N) is 1. The monoisotopic (exact) mass is 337 g/mol. The molecule has 6 heteroatoms. The zero-order valence-electron chi connectivity index (χ0n) is 13.2. The number of rotatable bonds is 4. The van der Waals surface area contributed by atoms with E-state index in [9.17, 15) is 4.79 Å². The van der Waals surface area contributed by atoms with E-state index >= 15 is 0 Å². The Balaban J connectivity index is 1.23. The number of hydrogen-bond acceptors (Lipinski definition) is 5. The molecule has 0 radical (unpaired) electrons. The van der Waals surface area contributed by atoms with E-state index in [1.807, 2.05) is 16.7 Å². The first-order valence-electron chi connectivity index (χ1n) is 8.40. The van der Waals surface area contributed by atoms with Gasteiger partial charge in [0.2, 0.25) is 0 Å². The van der Waals surface area contributed by atoms with Gasteiger partial charge in [0.05, 0.1) is 17.1 Å². The Morgan fingerprint density at radius 2 is 2.22 bits per heavy atom. The van der Waals surface area contributed by atoms with Gasteiger partial charge in [0.15, 0.2) is 5.76 Å². The number of thioether (sulfide) groups is 1. The molecule has 1 atom stereocenters. The average Bonchev–Trinajstić information content (AvgIpc) is 3.22. The molecule has 0 saturated carbocycles. The van der Waals surface area contributed by atoms with Crippen LogP contribution in [0.25, 0.3) is 0 Å². The molecule has 0 aromatic carbocycles. The Morgan fingerprint density at radius 1 is 1.39 bits per heavy atom. The summed E-state index contributed by atoms with van der Waals surface area (Å²) in [7, 11) is 0. The quantitative estimate of drug-likeness (QED) is 0.844. The van der Waals surface area contributed by atoms with Crippen molar-refractivity contribution in [3.63, 3.8) is 0 Å². The van der Waals surface area contributed by atoms with E-state index in [0.29, 0.717) is 17.8 Å². The van der Waals surface area contributed by atoms with E-state index < -0.39 is 0 Å². The minimum Gasteiger partial charge on any atom is -0.459 e. The van der Waals surface area contributed by atoms with Crippen molar-refractivity contribution in [3.8, 4) is 0 Å². The molecule has 3 saturated heterocycles. The van der Waals surface area contributed by atoms with E-state index in [4.69, 9.17) is 13.9 Å². The molecule has 5 nitrogen and oxygen atoms in total. The molecular formula is C17H23NO4S. The summed E-state index contributed by atoms with van der Waals surface area (Å²) in [5.74, 6) is 2.15. The summed E-state index contributed by atoms with van der Waals surface area (Å²) < 4.78 is 16.9. The second kappa shape index (κ2) is 6.49. The van der Waals surface area contributed by atoms with Crippen LogP contribution < -0.4 is 0 Å². The first kappa shape index (κ1) is 15.5. The van der Waals surface area contributed by atoms with Crippen molar-refractivity contribution >= 4 is 17.7 Å². The summed E-state index contributed by atoms with van der Waals surface area (Å²) in [6.45, 7) is 4.24. The molecular weight excluding hydrogens is 314 g/mol. The zero-order chi connectivity index (χ0) is 15.7. The summed E-state index contributed by atoms with van der Waals surface area (Å²) in [5, 5.41) is 0. The van der Waals surface area contributed by atoms with Gasteiger partial charge >= 0.3 is 0 Å². The molecule has 1 amide bonds. The van der Waals surface area contributed by atoms with Crippen LogP contribution >= 0.6 is 11.8 Å². The molecule has 3 aliphatic heterocycles. The molecule has 0 bridgehead atoms. The van der Waals surface area contributed by atoms with Gasteiger partial charge in [-0.15, -0.1) is 11.8 Å². The maximum atomic E-state index is 12.2. The standard InChI is InChI=1S/C17H23NO4S/c19-16(15-2-1-5-21-15)18-11-17(12-18)8-14(10-23-17)22-9-13-3-6-20-7-4-13/h1-2,5,13-14H,3-4,6-12H2/t14-/m0/s1. The number of carbonyl (C=O) groups excluding carboxylic acids is 1. The van der Waals surface area contributed by atoms with Crippen LogP contribution in [-0.2, 0) is 9.47 Å². The average molecular weight is 337 g/mol. The highest BCUT2D eigenvalue weighted by Crippen LogP contribution is 2.46. The van der Waals surface area contributed by atoms with E-state index in [-0.39, 0.29) is 10.7 Å². The molecule has 3 fully saturated rings. The van der Waals surface area contributed by atoms with Crippen LogP contribution in [0.4, 0.5) is 0 Å². The lowest BCUT2D eigenvalue weighted by molar-refractivity contribution is -0.0120. The first-order valence-corrected chi connectivity index (χ1v) is 9.39. The van der Waals surface area contributed by atoms with Crippen LogP contribution in [-0.4, -0.2) is 60.3 Å². The van der Waals surface area contributed by atoms with Crippen LogP contribution in [0.15, 0.2) is 22.8 Å². The summed E-state index contributed by atoms with van der Waals surface area (Å²) >= 11 is 1.97. The highest BCUT2D eigenvalue weighted by atomic mass is 32.2. The summed E-state index contributed by atoms with van der Waals surface area (Å²) in [4.78, 5) is 14.1. The Bertz CT molecular complexity index is 535. The SMILES string of the molecule is O=C(c1ccco1)N1CC2(C[C@H](OCC3CCOCC3)CS2)C1. The normalized spacial score (nSPS) is 27.3.